The molecule has 0 aliphatic heterocycles. The van der Waals surface area contributed by atoms with Gasteiger partial charge in [-0.2, -0.15) is 0 Å². The van der Waals surface area contributed by atoms with Crippen molar-refractivity contribution in [1.82, 2.24) is 0 Å². The van der Waals surface area contributed by atoms with E-state index in [2.05, 4.69) is 0 Å². The van der Waals surface area contributed by atoms with E-state index < -0.39 is 12.0 Å². The molecule has 8 heavy (non-hydrogen) atoms. The normalized spacial score (nSPS) is 11.8. The van der Waals surface area contributed by atoms with Crippen LogP contribution in [0.15, 0.2) is 0 Å². The highest BCUT2D eigenvalue weighted by molar-refractivity contribution is 5.85. The van der Waals surface area contributed by atoms with Crippen molar-refractivity contribution >= 4 is 18.4 Å². The summed E-state index contributed by atoms with van der Waals surface area (Å²) in [5.41, 5.74) is 9.76. The van der Waals surface area contributed by atoms with Gasteiger partial charge in [-0.05, 0) is 0 Å². The van der Waals surface area contributed by atoms with Gasteiger partial charge in [-0.1, -0.05) is 0 Å². The summed E-state index contributed by atoms with van der Waals surface area (Å²) in [6.45, 7) is -0.00463. The van der Waals surface area contributed by atoms with Gasteiger partial charge in [-0.3, -0.25) is 4.79 Å². The maximum atomic E-state index is 9.73. The van der Waals surface area contributed by atoms with E-state index in [1.54, 1.807) is 0 Å². The highest BCUT2D eigenvalue weighted by atomic mass is 35.5. The molecule has 5 heteroatoms. The largest absolute Gasteiger partial charge is 0.480 e. The van der Waals surface area contributed by atoms with Crippen molar-refractivity contribution in [1.29, 1.82) is 0 Å². The molecule has 0 radical (unpaired) electrons. The van der Waals surface area contributed by atoms with Crippen LogP contribution in [0.2, 0.25) is 0 Å². The zero-order valence-corrected chi connectivity index (χ0v) is 5.02. The summed E-state index contributed by atoms with van der Waals surface area (Å²) < 4.78 is 0. The Morgan fingerprint density at radius 1 is 1.75 bits per heavy atom. The van der Waals surface area contributed by atoms with Crippen LogP contribution in [0.1, 0.15) is 0 Å². The monoisotopic (exact) mass is 140 g/mol. The van der Waals surface area contributed by atoms with Crippen molar-refractivity contribution in [3.05, 3.63) is 0 Å². The van der Waals surface area contributed by atoms with E-state index >= 15 is 0 Å². The van der Waals surface area contributed by atoms with Gasteiger partial charge < -0.3 is 16.6 Å². The summed E-state index contributed by atoms with van der Waals surface area (Å²) in [4.78, 5) is 9.73. The molecule has 0 aromatic carbocycles. The number of nitrogens with two attached hydrogens (primary N) is 2. The fraction of sp³-hybridized carbons (Fsp3) is 0.667. The topological polar surface area (TPSA) is 89.3 Å². The summed E-state index contributed by atoms with van der Waals surface area (Å²) in [6, 6.07) is -0.903. The van der Waals surface area contributed by atoms with Gasteiger partial charge in [0.1, 0.15) is 6.04 Å². The molecule has 0 aromatic rings. The van der Waals surface area contributed by atoms with Gasteiger partial charge >= 0.3 is 5.97 Å². The molecule has 0 amide bonds. The Kier molecular flexibility index (Phi) is 6.41. The van der Waals surface area contributed by atoms with Crippen LogP contribution in [0.25, 0.3) is 0 Å². The van der Waals surface area contributed by atoms with E-state index in [4.69, 9.17) is 16.6 Å². The van der Waals surface area contributed by atoms with Crippen molar-refractivity contribution in [2.45, 2.75) is 6.04 Å². The third kappa shape index (κ3) is 3.86. The van der Waals surface area contributed by atoms with Gasteiger partial charge in [0.15, 0.2) is 0 Å². The Morgan fingerprint density at radius 2 is 2.12 bits per heavy atom. The Morgan fingerprint density at radius 3 is 2.12 bits per heavy atom. The summed E-state index contributed by atoms with van der Waals surface area (Å²) >= 11 is 0. The molecule has 50 valence electrons. The number of hydrogen-bond acceptors (Lipinski definition) is 3. The molecule has 0 rings (SSSR count). The van der Waals surface area contributed by atoms with Crippen molar-refractivity contribution in [2.24, 2.45) is 11.5 Å². The van der Waals surface area contributed by atoms with Crippen LogP contribution in [-0.4, -0.2) is 23.7 Å². The zero-order valence-electron chi connectivity index (χ0n) is 4.20. The molecule has 0 fully saturated rings. The molecule has 4 nitrogen and oxygen atoms in total. The van der Waals surface area contributed by atoms with Crippen molar-refractivity contribution in [2.75, 3.05) is 6.54 Å². The minimum atomic E-state index is -1.05. The number of carbonyl (C=O) groups is 1. The van der Waals surface area contributed by atoms with Gasteiger partial charge in [-0.25, -0.2) is 0 Å². The summed E-state index contributed by atoms with van der Waals surface area (Å²) in [6.07, 6.45) is 0. The minimum Gasteiger partial charge on any atom is -0.480 e. The number of hydrogen-bond donors (Lipinski definition) is 3. The molecule has 1 atom stereocenters. The minimum absolute atomic E-state index is 0. The van der Waals surface area contributed by atoms with Crippen molar-refractivity contribution in [3.8, 4) is 0 Å². The van der Waals surface area contributed by atoms with Crippen LogP contribution in [0.5, 0.6) is 0 Å². The van der Waals surface area contributed by atoms with Gasteiger partial charge in [0.25, 0.3) is 0 Å². The van der Waals surface area contributed by atoms with E-state index in [-0.39, 0.29) is 19.0 Å². The van der Waals surface area contributed by atoms with Crippen LogP contribution in [0.4, 0.5) is 0 Å². The second kappa shape index (κ2) is 4.83. The van der Waals surface area contributed by atoms with Gasteiger partial charge in [0.2, 0.25) is 0 Å². The van der Waals surface area contributed by atoms with Crippen LogP contribution >= 0.6 is 12.4 Å². The number of halogens is 1. The molecule has 0 bridgehead atoms. The second-order valence-corrected chi connectivity index (χ2v) is 1.18. The first-order valence-electron chi connectivity index (χ1n) is 1.87. The molecule has 0 heterocycles. The molecule has 1 unspecified atom stereocenters. The number of carboxylic acids is 1. The van der Waals surface area contributed by atoms with E-state index in [1.165, 1.54) is 0 Å². The number of aliphatic carboxylic acids is 1. The molecule has 0 aliphatic carbocycles. The number of rotatable bonds is 2. The predicted octanol–water partition coefficient (Wildman–Crippen LogP) is -1.22. The molecule has 0 aliphatic rings. The molecule has 0 saturated heterocycles. The molecular weight excluding hydrogens is 131 g/mol. The lowest BCUT2D eigenvalue weighted by molar-refractivity contribution is -0.138. The first kappa shape index (κ1) is 10.6. The average Bonchev–Trinajstić information content (AvgIpc) is 1.65. The Labute approximate surface area is 53.3 Å². The van der Waals surface area contributed by atoms with Gasteiger partial charge in [-0.15, -0.1) is 12.4 Å². The first-order valence-corrected chi connectivity index (χ1v) is 1.87. The average molecular weight is 141 g/mol. The standard InChI is InChI=1S/C3H8N2O2.ClH/c4-1-2(5)3(6)7;/h2H,1,4-5H2,(H,6,7);1H. The lowest BCUT2D eigenvalue weighted by Gasteiger charge is -1.97. The van der Waals surface area contributed by atoms with Crippen LogP contribution in [0, 0.1) is 0 Å². The maximum absolute atomic E-state index is 9.73. The van der Waals surface area contributed by atoms with E-state index in [1.807, 2.05) is 0 Å². The second-order valence-electron chi connectivity index (χ2n) is 1.18. The SMILES string of the molecule is Cl.NCC(N)C(=O)O. The lowest BCUT2D eigenvalue weighted by atomic mass is 10.3. The van der Waals surface area contributed by atoms with E-state index in [0.717, 1.165) is 0 Å². The van der Waals surface area contributed by atoms with Crippen LogP contribution in [0.3, 0.4) is 0 Å². The molecule has 5 N–H and O–H groups in total. The Balaban J connectivity index is 0. The van der Waals surface area contributed by atoms with Crippen LogP contribution < -0.4 is 11.5 Å². The number of carboxylic acid groups (broad SMARTS) is 1. The van der Waals surface area contributed by atoms with Crippen molar-refractivity contribution < 1.29 is 9.90 Å². The predicted molar refractivity (Wildman–Crippen MR) is 31.9 cm³/mol. The molecule has 0 spiro atoms. The first-order chi connectivity index (χ1) is 3.18. The lowest BCUT2D eigenvalue weighted by Crippen LogP contribution is -2.37. The third-order valence-corrected chi connectivity index (χ3v) is 0.571. The smallest absolute Gasteiger partial charge is 0.321 e. The molecular formula is C3H9ClN2O2. The summed E-state index contributed by atoms with van der Waals surface area (Å²) in [5.74, 6) is -1.05. The highest BCUT2D eigenvalue weighted by Crippen LogP contribution is 1.68. The maximum Gasteiger partial charge on any atom is 0.321 e. The highest BCUT2D eigenvalue weighted by Gasteiger charge is 2.05. The summed E-state index contributed by atoms with van der Waals surface area (Å²) in [7, 11) is 0. The van der Waals surface area contributed by atoms with E-state index in [9.17, 15) is 4.79 Å². The fourth-order valence-electron chi connectivity index (χ4n) is 0.101. The van der Waals surface area contributed by atoms with Gasteiger partial charge in [0, 0.05) is 6.54 Å². The summed E-state index contributed by atoms with van der Waals surface area (Å²) in [5, 5.41) is 7.98. The van der Waals surface area contributed by atoms with Crippen LogP contribution in [-0.2, 0) is 4.79 Å². The third-order valence-electron chi connectivity index (χ3n) is 0.571. The Hall–Kier alpha value is -0.320. The van der Waals surface area contributed by atoms with E-state index in [0.29, 0.717) is 0 Å². The molecule has 0 aromatic heterocycles. The quantitative estimate of drug-likeness (QED) is 0.449. The fourth-order valence-corrected chi connectivity index (χ4v) is 0.101. The zero-order chi connectivity index (χ0) is 5.86. The van der Waals surface area contributed by atoms with Gasteiger partial charge in [0.05, 0.1) is 0 Å². The molecule has 0 saturated carbocycles. The van der Waals surface area contributed by atoms with Crippen molar-refractivity contribution in [3.63, 3.8) is 0 Å². The Bertz CT molecular complexity index is 77.7.